The Kier molecular flexibility index (Phi) is 4.52. The summed E-state index contributed by atoms with van der Waals surface area (Å²) in [5, 5.41) is 0. The van der Waals surface area contributed by atoms with Crippen molar-refractivity contribution in [3.8, 4) is 0 Å². The van der Waals surface area contributed by atoms with Crippen molar-refractivity contribution in [1.82, 2.24) is 0 Å². The fourth-order valence-electron chi connectivity index (χ4n) is 2.15. The summed E-state index contributed by atoms with van der Waals surface area (Å²) in [6, 6.07) is 0. The van der Waals surface area contributed by atoms with Crippen LogP contribution in [0, 0.1) is 5.41 Å². The second kappa shape index (κ2) is 5.47. The van der Waals surface area contributed by atoms with Crippen molar-refractivity contribution in [2.24, 2.45) is 5.41 Å². The zero-order valence-electron chi connectivity index (χ0n) is 11.1. The van der Waals surface area contributed by atoms with Crippen molar-refractivity contribution in [3.63, 3.8) is 0 Å². The van der Waals surface area contributed by atoms with Crippen LogP contribution in [0.25, 0.3) is 0 Å². The van der Waals surface area contributed by atoms with E-state index in [1.807, 2.05) is 0 Å². The number of allylic oxidation sites excluding steroid dienone is 4. The van der Waals surface area contributed by atoms with Gasteiger partial charge in [0.2, 0.25) is 0 Å². The normalized spacial score (nSPS) is 26.0. The van der Waals surface area contributed by atoms with Crippen LogP contribution in [0.2, 0.25) is 0 Å². The molecule has 0 aromatic carbocycles. The highest BCUT2D eigenvalue weighted by atomic mass is 16.1. The van der Waals surface area contributed by atoms with E-state index in [1.54, 1.807) is 0 Å². The third-order valence-corrected chi connectivity index (χ3v) is 3.57. The second-order valence-electron chi connectivity index (χ2n) is 5.56. The largest absolute Gasteiger partial charge is 0.299 e. The molecule has 0 bridgehead atoms. The molecule has 1 aliphatic carbocycles. The second-order valence-corrected chi connectivity index (χ2v) is 5.56. The van der Waals surface area contributed by atoms with Crippen molar-refractivity contribution in [1.29, 1.82) is 0 Å². The van der Waals surface area contributed by atoms with E-state index in [-0.39, 0.29) is 5.41 Å². The highest BCUT2D eigenvalue weighted by molar-refractivity contribution is 5.85. The molecule has 1 rings (SSSR count). The lowest BCUT2D eigenvalue weighted by Gasteiger charge is -2.25. The molecule has 90 valence electrons. The molecule has 0 aliphatic heterocycles. The molecule has 0 saturated heterocycles. The van der Waals surface area contributed by atoms with Crippen LogP contribution in [0.5, 0.6) is 0 Å². The smallest absolute Gasteiger partial charge is 0.139 e. The van der Waals surface area contributed by atoms with E-state index in [0.717, 1.165) is 32.1 Å². The van der Waals surface area contributed by atoms with E-state index in [4.69, 9.17) is 0 Å². The summed E-state index contributed by atoms with van der Waals surface area (Å²) in [6.45, 7) is 8.49. The van der Waals surface area contributed by atoms with Gasteiger partial charge in [-0.05, 0) is 46.5 Å². The molecule has 0 aromatic heterocycles. The molecule has 16 heavy (non-hydrogen) atoms. The Hall–Kier alpha value is -0.850. The van der Waals surface area contributed by atoms with Crippen molar-refractivity contribution in [2.45, 2.75) is 59.8 Å². The Labute approximate surface area is 99.6 Å². The van der Waals surface area contributed by atoms with Crippen LogP contribution in [-0.2, 0) is 4.79 Å². The minimum absolute atomic E-state index is 0.121. The molecule has 1 atom stereocenters. The van der Waals surface area contributed by atoms with Crippen molar-refractivity contribution in [2.75, 3.05) is 0 Å². The number of rotatable bonds is 3. The van der Waals surface area contributed by atoms with Gasteiger partial charge in [-0.1, -0.05) is 30.2 Å². The van der Waals surface area contributed by atoms with E-state index >= 15 is 0 Å². The predicted octanol–water partition coefficient (Wildman–Crippen LogP) is 4.44. The summed E-state index contributed by atoms with van der Waals surface area (Å²) in [5.41, 5.74) is 2.60. The molecule has 1 heteroatoms. The van der Waals surface area contributed by atoms with Gasteiger partial charge in [0.15, 0.2) is 0 Å². The monoisotopic (exact) mass is 220 g/mol. The Balaban J connectivity index is 2.66. The average molecular weight is 220 g/mol. The first-order valence-electron chi connectivity index (χ1n) is 6.26. The van der Waals surface area contributed by atoms with Crippen LogP contribution in [0.1, 0.15) is 59.8 Å². The number of carbonyl (C=O) groups excluding carboxylic acids is 1. The lowest BCUT2D eigenvalue weighted by Crippen LogP contribution is -2.26. The van der Waals surface area contributed by atoms with Gasteiger partial charge in [-0.3, -0.25) is 4.79 Å². The van der Waals surface area contributed by atoms with Crippen LogP contribution < -0.4 is 0 Å². The maximum Gasteiger partial charge on any atom is 0.139 e. The van der Waals surface area contributed by atoms with Gasteiger partial charge in [0.25, 0.3) is 0 Å². The SMILES string of the molecule is CC(C)=CCCC1(C)CC=C(C)CCC1=O. The zero-order valence-corrected chi connectivity index (χ0v) is 11.1. The van der Waals surface area contributed by atoms with E-state index in [0.29, 0.717) is 5.78 Å². The lowest BCUT2D eigenvalue weighted by atomic mass is 9.77. The summed E-state index contributed by atoms with van der Waals surface area (Å²) < 4.78 is 0. The number of carbonyl (C=O) groups is 1. The van der Waals surface area contributed by atoms with Gasteiger partial charge < -0.3 is 0 Å². The van der Waals surface area contributed by atoms with Gasteiger partial charge in [-0.25, -0.2) is 0 Å². The van der Waals surface area contributed by atoms with Crippen LogP contribution in [0.4, 0.5) is 0 Å². The Morgan fingerprint density at radius 1 is 1.44 bits per heavy atom. The van der Waals surface area contributed by atoms with Gasteiger partial charge in [-0.2, -0.15) is 0 Å². The van der Waals surface area contributed by atoms with Gasteiger partial charge in [-0.15, -0.1) is 0 Å². The molecular formula is C15H24O. The van der Waals surface area contributed by atoms with Gasteiger partial charge >= 0.3 is 0 Å². The summed E-state index contributed by atoms with van der Waals surface area (Å²) >= 11 is 0. The van der Waals surface area contributed by atoms with E-state index < -0.39 is 0 Å². The van der Waals surface area contributed by atoms with E-state index in [1.165, 1.54) is 11.1 Å². The van der Waals surface area contributed by atoms with E-state index in [9.17, 15) is 4.79 Å². The fourth-order valence-corrected chi connectivity index (χ4v) is 2.15. The first-order valence-corrected chi connectivity index (χ1v) is 6.26. The van der Waals surface area contributed by atoms with E-state index in [2.05, 4.69) is 39.8 Å². The minimum Gasteiger partial charge on any atom is -0.299 e. The predicted molar refractivity (Wildman–Crippen MR) is 69.4 cm³/mol. The Morgan fingerprint density at radius 3 is 2.75 bits per heavy atom. The molecule has 1 unspecified atom stereocenters. The first kappa shape index (κ1) is 13.2. The van der Waals surface area contributed by atoms with Crippen molar-refractivity contribution < 1.29 is 4.79 Å². The van der Waals surface area contributed by atoms with Crippen LogP contribution in [-0.4, -0.2) is 5.78 Å². The van der Waals surface area contributed by atoms with Crippen molar-refractivity contribution >= 4 is 5.78 Å². The maximum absolute atomic E-state index is 12.1. The molecule has 1 nitrogen and oxygen atoms in total. The third-order valence-electron chi connectivity index (χ3n) is 3.57. The van der Waals surface area contributed by atoms with Crippen LogP contribution >= 0.6 is 0 Å². The van der Waals surface area contributed by atoms with Gasteiger partial charge in [0, 0.05) is 11.8 Å². The molecule has 0 amide bonds. The number of ketones is 1. The number of Topliss-reactive ketones (excluding diaryl/α,β-unsaturated/α-hetero) is 1. The molecule has 0 saturated carbocycles. The molecule has 0 radical (unpaired) electrons. The number of hydrogen-bond donors (Lipinski definition) is 0. The van der Waals surface area contributed by atoms with Crippen LogP contribution in [0.3, 0.4) is 0 Å². The van der Waals surface area contributed by atoms with Crippen LogP contribution in [0.15, 0.2) is 23.3 Å². The highest BCUT2D eigenvalue weighted by Gasteiger charge is 2.32. The Bertz CT molecular complexity index is 318. The maximum atomic E-state index is 12.1. The summed E-state index contributed by atoms with van der Waals surface area (Å²) in [6.07, 6.45) is 9.12. The summed E-state index contributed by atoms with van der Waals surface area (Å²) in [7, 11) is 0. The number of hydrogen-bond acceptors (Lipinski definition) is 1. The molecule has 0 spiro atoms. The molecule has 0 heterocycles. The first-order chi connectivity index (χ1) is 7.44. The summed E-state index contributed by atoms with van der Waals surface area (Å²) in [4.78, 5) is 12.1. The third kappa shape index (κ3) is 3.62. The Morgan fingerprint density at radius 2 is 2.12 bits per heavy atom. The van der Waals surface area contributed by atoms with Gasteiger partial charge in [0.05, 0.1) is 0 Å². The molecule has 0 fully saturated rings. The summed E-state index contributed by atoms with van der Waals surface area (Å²) in [5.74, 6) is 0.447. The average Bonchev–Trinajstić information content (AvgIpc) is 2.32. The zero-order chi connectivity index (χ0) is 12.2. The van der Waals surface area contributed by atoms with Crippen molar-refractivity contribution in [3.05, 3.63) is 23.3 Å². The quantitative estimate of drug-likeness (QED) is 0.643. The minimum atomic E-state index is -0.121. The standard InChI is InChI=1S/C15H24O/c1-12(2)6-5-10-15(4)11-9-13(3)7-8-14(15)16/h6,9H,5,7-8,10-11H2,1-4H3. The fraction of sp³-hybridized carbons (Fsp3) is 0.667. The molecule has 0 N–H and O–H groups in total. The lowest BCUT2D eigenvalue weighted by molar-refractivity contribution is -0.127. The molecule has 1 aliphatic rings. The molecular weight excluding hydrogens is 196 g/mol. The highest BCUT2D eigenvalue weighted by Crippen LogP contribution is 2.35. The van der Waals surface area contributed by atoms with Gasteiger partial charge in [0.1, 0.15) is 5.78 Å². The molecule has 0 aromatic rings. The topological polar surface area (TPSA) is 17.1 Å².